The summed E-state index contributed by atoms with van der Waals surface area (Å²) in [6, 6.07) is 0.160. The van der Waals surface area contributed by atoms with Gasteiger partial charge in [0.1, 0.15) is 0 Å². The molecule has 0 aliphatic heterocycles. The van der Waals surface area contributed by atoms with E-state index in [4.69, 9.17) is 10.8 Å². The lowest BCUT2D eigenvalue weighted by atomic mass is 9.84. The number of carbonyl (C=O) groups excluding carboxylic acids is 1. The standard InChI is InChI=1S/C12H24N2O2/c1-9(5-4-8-15)14-12(16)10-6-2-3-7-11(10)13/h9-11,15H,2-8,13H2,1H3,(H,14,16). The first-order valence-electron chi connectivity index (χ1n) is 6.32. The minimum absolute atomic E-state index is 0.00896. The van der Waals surface area contributed by atoms with Gasteiger partial charge in [-0.25, -0.2) is 0 Å². The van der Waals surface area contributed by atoms with Crippen molar-refractivity contribution in [3.8, 4) is 0 Å². The lowest BCUT2D eigenvalue weighted by Crippen LogP contribution is -2.46. The minimum Gasteiger partial charge on any atom is -0.396 e. The molecule has 1 aliphatic carbocycles. The molecule has 4 heteroatoms. The SMILES string of the molecule is CC(CCCO)NC(=O)C1CCCCC1N. The third-order valence-corrected chi connectivity index (χ3v) is 3.34. The van der Waals surface area contributed by atoms with Crippen LogP contribution in [0.2, 0.25) is 0 Å². The monoisotopic (exact) mass is 228 g/mol. The van der Waals surface area contributed by atoms with Gasteiger partial charge in [0.05, 0.1) is 5.92 Å². The van der Waals surface area contributed by atoms with E-state index in [0.717, 1.165) is 38.5 Å². The summed E-state index contributed by atoms with van der Waals surface area (Å²) in [5, 5.41) is 11.7. The number of rotatable bonds is 5. The maximum Gasteiger partial charge on any atom is 0.224 e. The second-order valence-corrected chi connectivity index (χ2v) is 4.83. The van der Waals surface area contributed by atoms with Gasteiger partial charge in [0.15, 0.2) is 0 Å². The number of hydrogen-bond donors (Lipinski definition) is 3. The van der Waals surface area contributed by atoms with Crippen molar-refractivity contribution in [1.29, 1.82) is 0 Å². The summed E-state index contributed by atoms with van der Waals surface area (Å²) < 4.78 is 0. The first kappa shape index (κ1) is 13.5. The molecule has 1 aliphatic rings. The maximum atomic E-state index is 11.9. The first-order chi connectivity index (χ1) is 7.65. The zero-order chi connectivity index (χ0) is 12.0. The molecule has 3 unspecified atom stereocenters. The van der Waals surface area contributed by atoms with Crippen molar-refractivity contribution in [2.45, 2.75) is 57.5 Å². The highest BCUT2D eigenvalue weighted by Crippen LogP contribution is 2.23. The largest absolute Gasteiger partial charge is 0.396 e. The smallest absolute Gasteiger partial charge is 0.224 e. The van der Waals surface area contributed by atoms with E-state index in [1.807, 2.05) is 6.92 Å². The molecule has 1 rings (SSSR count). The zero-order valence-corrected chi connectivity index (χ0v) is 10.1. The van der Waals surface area contributed by atoms with Gasteiger partial charge >= 0.3 is 0 Å². The Labute approximate surface area is 97.6 Å². The molecule has 1 amide bonds. The number of hydrogen-bond acceptors (Lipinski definition) is 3. The van der Waals surface area contributed by atoms with Crippen molar-refractivity contribution in [2.75, 3.05) is 6.61 Å². The number of carbonyl (C=O) groups is 1. The Morgan fingerprint density at radius 2 is 2.19 bits per heavy atom. The highest BCUT2D eigenvalue weighted by atomic mass is 16.2. The minimum atomic E-state index is -0.00896. The fourth-order valence-corrected chi connectivity index (χ4v) is 2.30. The third-order valence-electron chi connectivity index (χ3n) is 3.34. The van der Waals surface area contributed by atoms with E-state index in [-0.39, 0.29) is 30.5 Å². The summed E-state index contributed by atoms with van der Waals surface area (Å²) in [4.78, 5) is 11.9. The van der Waals surface area contributed by atoms with Crippen LogP contribution in [0.4, 0.5) is 0 Å². The summed E-state index contributed by atoms with van der Waals surface area (Å²) in [5.41, 5.74) is 5.95. The molecule has 0 radical (unpaired) electrons. The predicted octanol–water partition coefficient (Wildman–Crippen LogP) is 0.781. The number of aliphatic hydroxyl groups is 1. The third kappa shape index (κ3) is 4.10. The average molecular weight is 228 g/mol. The van der Waals surface area contributed by atoms with E-state index in [1.165, 1.54) is 0 Å². The van der Waals surface area contributed by atoms with Crippen molar-refractivity contribution in [1.82, 2.24) is 5.32 Å². The zero-order valence-electron chi connectivity index (χ0n) is 10.1. The summed E-state index contributed by atoms with van der Waals surface area (Å²) in [7, 11) is 0. The van der Waals surface area contributed by atoms with Crippen molar-refractivity contribution in [2.24, 2.45) is 11.7 Å². The molecule has 3 atom stereocenters. The van der Waals surface area contributed by atoms with Crippen molar-refractivity contribution in [3.63, 3.8) is 0 Å². The Balaban J connectivity index is 2.32. The second kappa shape index (κ2) is 6.86. The van der Waals surface area contributed by atoms with Crippen LogP contribution in [-0.4, -0.2) is 29.7 Å². The van der Waals surface area contributed by atoms with E-state index in [9.17, 15) is 4.79 Å². The number of nitrogens with one attached hydrogen (secondary N) is 1. The molecule has 1 fully saturated rings. The Hall–Kier alpha value is -0.610. The van der Waals surface area contributed by atoms with Crippen LogP contribution in [0.3, 0.4) is 0 Å². The number of amides is 1. The molecule has 1 saturated carbocycles. The van der Waals surface area contributed by atoms with Gasteiger partial charge in [0.2, 0.25) is 5.91 Å². The normalized spacial score (nSPS) is 27.4. The van der Waals surface area contributed by atoms with E-state index in [2.05, 4.69) is 5.32 Å². The molecule has 0 aromatic carbocycles. The van der Waals surface area contributed by atoms with Crippen LogP contribution < -0.4 is 11.1 Å². The van der Waals surface area contributed by atoms with E-state index < -0.39 is 0 Å². The van der Waals surface area contributed by atoms with Gasteiger partial charge in [-0.15, -0.1) is 0 Å². The molecular formula is C12H24N2O2. The maximum absolute atomic E-state index is 11.9. The van der Waals surface area contributed by atoms with Crippen LogP contribution in [0.5, 0.6) is 0 Å². The van der Waals surface area contributed by atoms with Gasteiger partial charge in [-0.05, 0) is 32.6 Å². The van der Waals surface area contributed by atoms with Gasteiger partial charge in [0, 0.05) is 18.7 Å². The van der Waals surface area contributed by atoms with Crippen LogP contribution in [-0.2, 0) is 4.79 Å². The number of nitrogens with two attached hydrogens (primary N) is 1. The highest BCUT2D eigenvalue weighted by molar-refractivity contribution is 5.79. The molecule has 4 nitrogen and oxygen atoms in total. The van der Waals surface area contributed by atoms with Gasteiger partial charge in [-0.3, -0.25) is 4.79 Å². The second-order valence-electron chi connectivity index (χ2n) is 4.83. The van der Waals surface area contributed by atoms with E-state index in [0.29, 0.717) is 0 Å². The summed E-state index contributed by atoms with van der Waals surface area (Å²) >= 11 is 0. The van der Waals surface area contributed by atoms with E-state index >= 15 is 0 Å². The molecule has 0 saturated heterocycles. The van der Waals surface area contributed by atoms with Crippen LogP contribution in [0.15, 0.2) is 0 Å². The van der Waals surface area contributed by atoms with Gasteiger partial charge in [-0.2, -0.15) is 0 Å². The summed E-state index contributed by atoms with van der Waals surface area (Å²) in [6.07, 6.45) is 5.69. The Morgan fingerprint density at radius 1 is 1.50 bits per heavy atom. The Morgan fingerprint density at radius 3 is 2.81 bits per heavy atom. The van der Waals surface area contributed by atoms with Crippen molar-refractivity contribution >= 4 is 5.91 Å². The summed E-state index contributed by atoms with van der Waals surface area (Å²) in [5.74, 6) is 0.0861. The van der Waals surface area contributed by atoms with E-state index in [1.54, 1.807) is 0 Å². The van der Waals surface area contributed by atoms with Gasteiger partial charge in [-0.1, -0.05) is 12.8 Å². The average Bonchev–Trinajstić information content (AvgIpc) is 2.26. The van der Waals surface area contributed by atoms with Gasteiger partial charge < -0.3 is 16.2 Å². The highest BCUT2D eigenvalue weighted by Gasteiger charge is 2.28. The van der Waals surface area contributed by atoms with Crippen LogP contribution in [0.25, 0.3) is 0 Å². The van der Waals surface area contributed by atoms with Crippen LogP contribution in [0.1, 0.15) is 45.4 Å². The molecular weight excluding hydrogens is 204 g/mol. The molecule has 0 spiro atoms. The fraction of sp³-hybridized carbons (Fsp3) is 0.917. The van der Waals surface area contributed by atoms with Gasteiger partial charge in [0.25, 0.3) is 0 Å². The molecule has 0 aromatic rings. The molecule has 0 aromatic heterocycles. The molecule has 0 bridgehead atoms. The summed E-state index contributed by atoms with van der Waals surface area (Å²) in [6.45, 7) is 2.16. The molecule has 16 heavy (non-hydrogen) atoms. The van der Waals surface area contributed by atoms with Crippen LogP contribution >= 0.6 is 0 Å². The van der Waals surface area contributed by atoms with Crippen molar-refractivity contribution in [3.05, 3.63) is 0 Å². The van der Waals surface area contributed by atoms with Crippen molar-refractivity contribution < 1.29 is 9.90 Å². The Kier molecular flexibility index (Phi) is 5.77. The Bertz CT molecular complexity index is 221. The molecule has 0 heterocycles. The fourth-order valence-electron chi connectivity index (χ4n) is 2.30. The molecule has 4 N–H and O–H groups in total. The topological polar surface area (TPSA) is 75.3 Å². The van der Waals surface area contributed by atoms with Crippen LogP contribution in [0, 0.1) is 5.92 Å². The first-order valence-corrected chi connectivity index (χ1v) is 6.32. The lowest BCUT2D eigenvalue weighted by molar-refractivity contribution is -0.127. The number of aliphatic hydroxyl groups excluding tert-OH is 1. The lowest BCUT2D eigenvalue weighted by Gasteiger charge is -2.28. The predicted molar refractivity (Wildman–Crippen MR) is 63.9 cm³/mol. The molecule has 94 valence electrons. The quantitative estimate of drug-likeness (QED) is 0.651.